The van der Waals surface area contributed by atoms with Crippen LogP contribution in [0.2, 0.25) is 0 Å². The minimum absolute atomic E-state index is 0.0236. The van der Waals surface area contributed by atoms with E-state index in [4.69, 9.17) is 4.74 Å². The van der Waals surface area contributed by atoms with Crippen molar-refractivity contribution >= 4 is 17.9 Å². The van der Waals surface area contributed by atoms with Crippen LogP contribution in [0.4, 0.5) is 4.79 Å². The van der Waals surface area contributed by atoms with Crippen molar-refractivity contribution in [1.82, 2.24) is 15.5 Å². The van der Waals surface area contributed by atoms with Gasteiger partial charge in [0.25, 0.3) is 0 Å². The molecule has 1 saturated carbocycles. The summed E-state index contributed by atoms with van der Waals surface area (Å²) in [5, 5.41) is 5.86. The number of nitrogens with zero attached hydrogens (tertiary/aromatic N) is 1. The highest BCUT2D eigenvalue weighted by molar-refractivity contribution is 5.92. The van der Waals surface area contributed by atoms with E-state index in [1.54, 1.807) is 25.7 Å². The molecule has 35 heavy (non-hydrogen) atoms. The van der Waals surface area contributed by atoms with E-state index >= 15 is 0 Å². The van der Waals surface area contributed by atoms with Crippen molar-refractivity contribution in [2.24, 2.45) is 5.92 Å². The number of nitrogens with one attached hydrogen (secondary N) is 2. The molecule has 0 spiro atoms. The van der Waals surface area contributed by atoms with E-state index in [0.717, 1.165) is 43.2 Å². The third kappa shape index (κ3) is 9.54. The van der Waals surface area contributed by atoms with Gasteiger partial charge in [0.2, 0.25) is 11.8 Å². The van der Waals surface area contributed by atoms with Crippen LogP contribution in [0, 0.1) is 12.8 Å². The molecule has 3 amide bonds. The van der Waals surface area contributed by atoms with Crippen molar-refractivity contribution in [3.05, 3.63) is 35.4 Å². The SMILES string of the molecule is CCCCCNC(=O)C(c1cccc(C)c1)N(C(=O)C(CC(C)C)NC(=O)OC(C)(C)C)C1CC1. The highest BCUT2D eigenvalue weighted by Gasteiger charge is 2.44. The Morgan fingerprint density at radius 2 is 1.83 bits per heavy atom. The zero-order chi connectivity index (χ0) is 26.2. The number of ether oxygens (including phenoxy) is 1. The first kappa shape index (κ1) is 28.7. The predicted octanol–water partition coefficient (Wildman–Crippen LogP) is 5.27. The maximum atomic E-state index is 14.0. The van der Waals surface area contributed by atoms with Crippen LogP contribution in [0.5, 0.6) is 0 Å². The largest absolute Gasteiger partial charge is 0.444 e. The van der Waals surface area contributed by atoms with Crippen molar-refractivity contribution in [3.8, 4) is 0 Å². The topological polar surface area (TPSA) is 87.7 Å². The summed E-state index contributed by atoms with van der Waals surface area (Å²) in [6.45, 7) is 14.1. The molecule has 1 aliphatic carbocycles. The van der Waals surface area contributed by atoms with Gasteiger partial charge < -0.3 is 20.3 Å². The smallest absolute Gasteiger partial charge is 0.408 e. The second-order valence-corrected chi connectivity index (χ2v) is 11.1. The lowest BCUT2D eigenvalue weighted by Crippen LogP contribution is -2.54. The fourth-order valence-electron chi connectivity index (χ4n) is 4.16. The van der Waals surface area contributed by atoms with Gasteiger partial charge in [-0.1, -0.05) is 63.4 Å². The molecule has 7 nitrogen and oxygen atoms in total. The Morgan fingerprint density at radius 3 is 2.37 bits per heavy atom. The predicted molar refractivity (Wildman–Crippen MR) is 139 cm³/mol. The number of hydrogen-bond acceptors (Lipinski definition) is 4. The molecule has 1 aliphatic rings. The van der Waals surface area contributed by atoms with Crippen molar-refractivity contribution in [2.45, 2.75) is 111 Å². The number of rotatable bonds is 12. The number of hydrogen-bond donors (Lipinski definition) is 2. The summed E-state index contributed by atoms with van der Waals surface area (Å²) >= 11 is 0. The van der Waals surface area contributed by atoms with Crippen molar-refractivity contribution in [1.29, 1.82) is 0 Å². The summed E-state index contributed by atoms with van der Waals surface area (Å²) in [5.41, 5.74) is 1.15. The third-order valence-electron chi connectivity index (χ3n) is 5.85. The van der Waals surface area contributed by atoms with Gasteiger partial charge in [-0.3, -0.25) is 9.59 Å². The Morgan fingerprint density at radius 1 is 1.14 bits per heavy atom. The Hall–Kier alpha value is -2.57. The van der Waals surface area contributed by atoms with Crippen LogP contribution in [0.25, 0.3) is 0 Å². The fourth-order valence-corrected chi connectivity index (χ4v) is 4.16. The summed E-state index contributed by atoms with van der Waals surface area (Å²) in [6.07, 6.45) is 4.53. The molecule has 1 aromatic rings. The van der Waals surface area contributed by atoms with Crippen LogP contribution in [0.1, 0.15) is 97.2 Å². The summed E-state index contributed by atoms with van der Waals surface area (Å²) in [7, 11) is 0. The van der Waals surface area contributed by atoms with E-state index in [9.17, 15) is 14.4 Å². The molecule has 196 valence electrons. The summed E-state index contributed by atoms with van der Waals surface area (Å²) in [4.78, 5) is 41.9. The zero-order valence-electron chi connectivity index (χ0n) is 22.6. The van der Waals surface area contributed by atoms with Gasteiger partial charge in [0.05, 0.1) is 0 Å². The van der Waals surface area contributed by atoms with Crippen LogP contribution in [-0.2, 0) is 14.3 Å². The van der Waals surface area contributed by atoms with Crippen LogP contribution in [0.3, 0.4) is 0 Å². The highest BCUT2D eigenvalue weighted by Crippen LogP contribution is 2.36. The lowest BCUT2D eigenvalue weighted by molar-refractivity contribution is -0.143. The normalized spacial score (nSPS) is 15.3. The minimum Gasteiger partial charge on any atom is -0.444 e. The Bertz CT molecular complexity index is 858. The molecule has 7 heteroatoms. The average Bonchev–Trinajstić information content (AvgIpc) is 3.57. The van der Waals surface area contributed by atoms with Gasteiger partial charge in [0, 0.05) is 12.6 Å². The van der Waals surface area contributed by atoms with Gasteiger partial charge in [-0.05, 0) is 64.9 Å². The standard InChI is InChI=1S/C28H45N3O4/c1-8-9-10-16-29-25(32)24(21-13-11-12-20(4)18-21)31(22-14-15-22)26(33)23(17-19(2)3)30-27(34)35-28(5,6)7/h11-13,18-19,22-24H,8-10,14-17H2,1-7H3,(H,29,32)(H,30,34). The number of aryl methyl sites for hydroxylation is 1. The first-order chi connectivity index (χ1) is 16.4. The molecule has 1 fully saturated rings. The first-order valence-corrected chi connectivity index (χ1v) is 13.1. The van der Waals surface area contributed by atoms with E-state index in [1.165, 1.54) is 0 Å². The molecule has 2 atom stereocenters. The van der Waals surface area contributed by atoms with Gasteiger partial charge in [-0.15, -0.1) is 0 Å². The number of alkyl carbamates (subject to hydrolysis) is 1. The summed E-state index contributed by atoms with van der Waals surface area (Å²) in [5.74, 6) is -0.241. The first-order valence-electron chi connectivity index (χ1n) is 13.1. The maximum Gasteiger partial charge on any atom is 0.408 e. The van der Waals surface area contributed by atoms with E-state index in [1.807, 2.05) is 45.0 Å². The zero-order valence-corrected chi connectivity index (χ0v) is 22.6. The third-order valence-corrected chi connectivity index (χ3v) is 5.85. The van der Waals surface area contributed by atoms with E-state index in [2.05, 4.69) is 17.6 Å². The van der Waals surface area contributed by atoms with E-state index in [0.29, 0.717) is 13.0 Å². The van der Waals surface area contributed by atoms with Gasteiger partial charge in [-0.25, -0.2) is 4.79 Å². The molecule has 2 N–H and O–H groups in total. The fraction of sp³-hybridized carbons (Fsp3) is 0.679. The van der Waals surface area contributed by atoms with E-state index in [-0.39, 0.29) is 23.8 Å². The quantitative estimate of drug-likeness (QED) is 0.393. The second-order valence-electron chi connectivity index (χ2n) is 11.1. The monoisotopic (exact) mass is 487 g/mol. The molecule has 0 radical (unpaired) electrons. The molecule has 1 aromatic carbocycles. The minimum atomic E-state index is -0.773. The number of carbonyl (C=O) groups excluding carboxylic acids is 3. The average molecular weight is 488 g/mol. The van der Waals surface area contributed by atoms with Crippen molar-refractivity contribution in [2.75, 3.05) is 6.54 Å². The molecule has 0 aliphatic heterocycles. The molecular formula is C28H45N3O4. The number of benzene rings is 1. The molecule has 0 bridgehead atoms. The van der Waals surface area contributed by atoms with Crippen molar-refractivity contribution < 1.29 is 19.1 Å². The summed E-state index contributed by atoms with van der Waals surface area (Å²) < 4.78 is 5.44. The molecule has 0 heterocycles. The second kappa shape index (κ2) is 12.9. The van der Waals surface area contributed by atoms with Crippen LogP contribution >= 0.6 is 0 Å². The molecular weight excluding hydrogens is 442 g/mol. The number of carbonyl (C=O) groups is 3. The van der Waals surface area contributed by atoms with Gasteiger partial charge in [-0.2, -0.15) is 0 Å². The Balaban J connectivity index is 2.37. The number of amides is 3. The molecule has 0 saturated heterocycles. The van der Waals surface area contributed by atoms with Gasteiger partial charge in [0.15, 0.2) is 0 Å². The Labute approximate surface area is 211 Å². The maximum absolute atomic E-state index is 14.0. The lowest BCUT2D eigenvalue weighted by Gasteiger charge is -2.35. The van der Waals surface area contributed by atoms with E-state index < -0.39 is 23.8 Å². The van der Waals surface area contributed by atoms with Crippen LogP contribution < -0.4 is 10.6 Å². The van der Waals surface area contributed by atoms with Crippen LogP contribution in [0.15, 0.2) is 24.3 Å². The lowest BCUT2D eigenvalue weighted by atomic mass is 9.98. The molecule has 2 unspecified atom stereocenters. The van der Waals surface area contributed by atoms with Crippen LogP contribution in [-0.4, -0.2) is 47.0 Å². The number of unbranched alkanes of at least 4 members (excludes halogenated alkanes) is 2. The Kier molecular flexibility index (Phi) is 10.6. The van der Waals surface area contributed by atoms with Crippen molar-refractivity contribution in [3.63, 3.8) is 0 Å². The summed E-state index contributed by atoms with van der Waals surface area (Å²) in [6, 6.07) is 6.24. The van der Waals surface area contributed by atoms with Gasteiger partial charge in [0.1, 0.15) is 17.7 Å². The van der Waals surface area contributed by atoms with Gasteiger partial charge >= 0.3 is 6.09 Å². The highest BCUT2D eigenvalue weighted by atomic mass is 16.6. The molecule has 2 rings (SSSR count). The molecule has 0 aromatic heterocycles.